The molecule has 4 N–H and O–H groups in total. The molecular weight excluding hydrogens is 488 g/mol. The second kappa shape index (κ2) is 10.3. The minimum absolute atomic E-state index is 0.207. The summed E-state index contributed by atoms with van der Waals surface area (Å²) in [7, 11) is -3.45. The average molecular weight is 515 g/mol. The van der Waals surface area contributed by atoms with Crippen LogP contribution in [0.3, 0.4) is 0 Å². The fraction of sp³-hybridized carbons (Fsp3) is 0.208. The summed E-state index contributed by atoms with van der Waals surface area (Å²) in [6, 6.07) is 14.3. The van der Waals surface area contributed by atoms with Gasteiger partial charge < -0.3 is 16.0 Å². The fourth-order valence-electron chi connectivity index (χ4n) is 2.96. The summed E-state index contributed by atoms with van der Waals surface area (Å²) in [6.07, 6.45) is 1.04. The number of hydrogen-bond acceptors (Lipinski definition) is 6. The van der Waals surface area contributed by atoms with Gasteiger partial charge in [-0.25, -0.2) is 8.42 Å². The Bertz CT molecular complexity index is 1360. The third kappa shape index (κ3) is 7.94. The van der Waals surface area contributed by atoms with Crippen molar-refractivity contribution in [3.05, 3.63) is 76.0 Å². The van der Waals surface area contributed by atoms with Gasteiger partial charge in [-0.05, 0) is 69.3 Å². The predicted molar refractivity (Wildman–Crippen MR) is 139 cm³/mol. The zero-order chi connectivity index (χ0) is 25.8. The van der Waals surface area contributed by atoms with Crippen LogP contribution in [0.1, 0.15) is 51.2 Å². The summed E-state index contributed by atoms with van der Waals surface area (Å²) in [6.45, 7) is 5.67. The number of hydrogen-bond donors (Lipinski definition) is 4. The number of nitrogens with one attached hydrogen (secondary N) is 4. The quantitative estimate of drug-likeness (QED) is 0.376. The number of benzene rings is 2. The highest BCUT2D eigenvalue weighted by molar-refractivity contribution is 7.92. The molecule has 2 aromatic carbocycles. The number of carbonyl (C=O) groups is 3. The lowest BCUT2D eigenvalue weighted by Crippen LogP contribution is -2.40. The fourth-order valence-corrected chi connectivity index (χ4v) is 4.30. The molecule has 0 spiro atoms. The summed E-state index contributed by atoms with van der Waals surface area (Å²) >= 11 is 1.10. The summed E-state index contributed by atoms with van der Waals surface area (Å²) in [5.74, 6) is -1.03. The van der Waals surface area contributed by atoms with E-state index in [1.807, 2.05) is 20.8 Å². The van der Waals surface area contributed by atoms with Crippen molar-refractivity contribution in [3.8, 4) is 0 Å². The van der Waals surface area contributed by atoms with Gasteiger partial charge in [0.15, 0.2) is 0 Å². The van der Waals surface area contributed by atoms with E-state index in [2.05, 4.69) is 20.7 Å². The zero-order valence-electron chi connectivity index (χ0n) is 19.6. The number of carbonyl (C=O) groups excluding carboxylic acids is 3. The van der Waals surface area contributed by atoms with E-state index >= 15 is 0 Å². The van der Waals surface area contributed by atoms with Crippen molar-refractivity contribution in [2.75, 3.05) is 21.6 Å². The normalized spacial score (nSPS) is 11.4. The maximum atomic E-state index is 12.6. The zero-order valence-corrected chi connectivity index (χ0v) is 21.3. The maximum absolute atomic E-state index is 12.6. The van der Waals surface area contributed by atoms with Gasteiger partial charge in [-0.2, -0.15) is 0 Å². The lowest BCUT2D eigenvalue weighted by molar-refractivity contribution is 0.0918. The molecule has 0 aliphatic rings. The van der Waals surface area contributed by atoms with Crippen molar-refractivity contribution in [3.63, 3.8) is 0 Å². The summed E-state index contributed by atoms with van der Waals surface area (Å²) in [4.78, 5) is 37.7. The molecule has 1 aromatic heterocycles. The van der Waals surface area contributed by atoms with Crippen LogP contribution in [0.25, 0.3) is 0 Å². The van der Waals surface area contributed by atoms with E-state index < -0.39 is 21.8 Å². The molecule has 1 heterocycles. The Morgan fingerprint density at radius 3 is 2.03 bits per heavy atom. The first-order valence-corrected chi connectivity index (χ1v) is 13.3. The molecule has 3 aromatic rings. The number of thiophene rings is 1. The molecule has 184 valence electrons. The van der Waals surface area contributed by atoms with Crippen LogP contribution in [0.4, 0.5) is 17.1 Å². The number of rotatable bonds is 7. The van der Waals surface area contributed by atoms with E-state index in [-0.39, 0.29) is 11.4 Å². The molecule has 0 fully saturated rings. The lowest BCUT2D eigenvalue weighted by atomic mass is 10.1. The van der Waals surface area contributed by atoms with Gasteiger partial charge in [0.1, 0.15) is 0 Å². The van der Waals surface area contributed by atoms with Gasteiger partial charge in [-0.1, -0.05) is 6.07 Å². The Hall–Kier alpha value is -3.70. The highest BCUT2D eigenvalue weighted by Crippen LogP contribution is 2.21. The molecule has 35 heavy (non-hydrogen) atoms. The summed E-state index contributed by atoms with van der Waals surface area (Å²) in [5.41, 5.74) is 1.65. The van der Waals surface area contributed by atoms with Gasteiger partial charge in [-0.15, -0.1) is 11.3 Å². The highest BCUT2D eigenvalue weighted by Gasteiger charge is 2.17. The molecule has 11 heteroatoms. The standard InChI is InChI=1S/C24H26N4O5S2/c1-24(2,3)27-22(30)15-8-10-17(11-9-15)25-21(29)16-12-20(34-14-16)23(31)26-18-6-5-7-19(13-18)28-35(4,32)33/h5-14,28H,1-4H3,(H,25,29)(H,26,31)(H,27,30). The van der Waals surface area contributed by atoms with Crippen LogP contribution in [-0.4, -0.2) is 37.9 Å². The molecule has 0 unspecified atom stereocenters. The van der Waals surface area contributed by atoms with Crippen LogP contribution in [0.15, 0.2) is 60.0 Å². The van der Waals surface area contributed by atoms with Crippen molar-refractivity contribution in [2.24, 2.45) is 0 Å². The molecule has 3 rings (SSSR count). The SMILES string of the molecule is CC(C)(C)NC(=O)c1ccc(NC(=O)c2csc(C(=O)Nc3cccc(NS(C)(=O)=O)c3)c2)cc1. The second-order valence-corrected chi connectivity index (χ2v) is 11.5. The van der Waals surface area contributed by atoms with Crippen molar-refractivity contribution in [2.45, 2.75) is 26.3 Å². The number of amides is 3. The van der Waals surface area contributed by atoms with Crippen LogP contribution in [0.5, 0.6) is 0 Å². The van der Waals surface area contributed by atoms with Crippen LogP contribution in [0.2, 0.25) is 0 Å². The third-order valence-electron chi connectivity index (χ3n) is 4.40. The Kier molecular flexibility index (Phi) is 7.61. The predicted octanol–water partition coefficient (Wildman–Crippen LogP) is 4.15. The first-order chi connectivity index (χ1) is 16.3. The van der Waals surface area contributed by atoms with Gasteiger partial charge in [0.05, 0.1) is 22.4 Å². The van der Waals surface area contributed by atoms with Gasteiger partial charge in [0.2, 0.25) is 10.0 Å². The van der Waals surface area contributed by atoms with Crippen LogP contribution in [0, 0.1) is 0 Å². The number of anilines is 3. The Morgan fingerprint density at radius 2 is 1.40 bits per heavy atom. The van der Waals surface area contributed by atoms with Gasteiger partial charge in [0.25, 0.3) is 17.7 Å². The molecule has 0 aliphatic heterocycles. The monoisotopic (exact) mass is 514 g/mol. The molecule has 0 atom stereocenters. The first kappa shape index (κ1) is 25.9. The van der Waals surface area contributed by atoms with E-state index in [9.17, 15) is 22.8 Å². The van der Waals surface area contributed by atoms with E-state index in [0.717, 1.165) is 17.6 Å². The molecule has 3 amide bonds. The smallest absolute Gasteiger partial charge is 0.265 e. The van der Waals surface area contributed by atoms with Crippen LogP contribution < -0.4 is 20.7 Å². The van der Waals surface area contributed by atoms with Crippen molar-refractivity contribution < 1.29 is 22.8 Å². The lowest BCUT2D eigenvalue weighted by Gasteiger charge is -2.20. The van der Waals surface area contributed by atoms with Crippen LogP contribution >= 0.6 is 11.3 Å². The van der Waals surface area contributed by atoms with E-state index in [1.165, 1.54) is 12.1 Å². The Labute approximate surface area is 208 Å². The Balaban J connectivity index is 1.62. The topological polar surface area (TPSA) is 133 Å². The molecule has 0 saturated heterocycles. The summed E-state index contributed by atoms with van der Waals surface area (Å²) in [5, 5.41) is 9.87. The molecule has 0 radical (unpaired) electrons. The van der Waals surface area contributed by atoms with Gasteiger partial charge in [-0.3, -0.25) is 19.1 Å². The van der Waals surface area contributed by atoms with E-state index in [4.69, 9.17) is 0 Å². The molecule has 0 saturated carbocycles. The van der Waals surface area contributed by atoms with Crippen molar-refractivity contribution in [1.82, 2.24) is 5.32 Å². The van der Waals surface area contributed by atoms with Gasteiger partial charge >= 0.3 is 0 Å². The number of sulfonamides is 1. The average Bonchev–Trinajstić information content (AvgIpc) is 3.23. The Morgan fingerprint density at radius 1 is 0.771 bits per heavy atom. The largest absolute Gasteiger partial charge is 0.347 e. The van der Waals surface area contributed by atoms with E-state index in [1.54, 1.807) is 47.8 Å². The first-order valence-electron chi connectivity index (χ1n) is 10.5. The van der Waals surface area contributed by atoms with Gasteiger partial charge in [0, 0.05) is 27.9 Å². The van der Waals surface area contributed by atoms with Crippen molar-refractivity contribution in [1.29, 1.82) is 0 Å². The van der Waals surface area contributed by atoms with Crippen LogP contribution in [-0.2, 0) is 10.0 Å². The third-order valence-corrected chi connectivity index (χ3v) is 5.94. The maximum Gasteiger partial charge on any atom is 0.265 e. The molecule has 9 nitrogen and oxygen atoms in total. The highest BCUT2D eigenvalue weighted by atomic mass is 32.2. The molecular formula is C24H26N4O5S2. The molecule has 0 aliphatic carbocycles. The second-order valence-electron chi connectivity index (χ2n) is 8.84. The van der Waals surface area contributed by atoms with E-state index in [0.29, 0.717) is 33.1 Å². The minimum Gasteiger partial charge on any atom is -0.347 e. The summed E-state index contributed by atoms with van der Waals surface area (Å²) < 4.78 is 25.1. The minimum atomic E-state index is -3.45. The molecule has 0 bridgehead atoms. The van der Waals surface area contributed by atoms with Crippen molar-refractivity contribution >= 4 is 56.1 Å².